The summed E-state index contributed by atoms with van der Waals surface area (Å²) in [5.74, 6) is -1.46. The fourth-order valence-electron chi connectivity index (χ4n) is 4.83. The predicted octanol–water partition coefficient (Wildman–Crippen LogP) is 4.60. The second-order valence-corrected chi connectivity index (χ2v) is 10.6. The Morgan fingerprint density at radius 3 is 2.54 bits per heavy atom. The third kappa shape index (κ3) is 6.10. The van der Waals surface area contributed by atoms with Gasteiger partial charge in [0.25, 0.3) is 10.1 Å². The minimum Gasteiger partial charge on any atom is -0.378 e. The highest BCUT2D eigenvalue weighted by Gasteiger charge is 2.32. The van der Waals surface area contributed by atoms with Crippen LogP contribution in [0.25, 0.3) is 0 Å². The highest BCUT2D eigenvalue weighted by Crippen LogP contribution is 2.33. The minimum atomic E-state index is -4.22. The van der Waals surface area contributed by atoms with Crippen LogP contribution in [0.3, 0.4) is 0 Å². The number of aromatic nitrogens is 1. The maximum absolute atomic E-state index is 13.7. The number of halogens is 2. The molecule has 1 aliphatic heterocycles. The molecule has 2 aromatic carbocycles. The summed E-state index contributed by atoms with van der Waals surface area (Å²) < 4.78 is 60.4. The van der Waals surface area contributed by atoms with E-state index in [0.717, 1.165) is 22.8 Å². The van der Waals surface area contributed by atoms with Gasteiger partial charge >= 0.3 is 0 Å². The zero-order valence-electron chi connectivity index (χ0n) is 19.3. The monoisotopic (exact) mass is 502 g/mol. The van der Waals surface area contributed by atoms with Gasteiger partial charge in [0, 0.05) is 37.5 Å². The van der Waals surface area contributed by atoms with E-state index in [1.54, 1.807) is 37.5 Å². The summed E-state index contributed by atoms with van der Waals surface area (Å²) in [4.78, 5) is 6.10. The maximum Gasteiger partial charge on any atom is 0.271 e. The van der Waals surface area contributed by atoms with Crippen LogP contribution in [0, 0.1) is 11.6 Å². The van der Waals surface area contributed by atoms with Gasteiger partial charge in [-0.15, -0.1) is 0 Å². The predicted molar refractivity (Wildman–Crippen MR) is 128 cm³/mol. The Bertz CT molecular complexity index is 1280. The average Bonchev–Trinajstić information content (AvgIpc) is 3.14. The van der Waals surface area contributed by atoms with E-state index in [9.17, 15) is 26.9 Å². The highest BCUT2D eigenvalue weighted by molar-refractivity contribution is 7.86. The quantitative estimate of drug-likeness (QED) is 0.438. The first-order valence-electron chi connectivity index (χ1n) is 11.5. The molecular weight excluding hydrogens is 474 g/mol. The molecule has 1 aromatic heterocycles. The van der Waals surface area contributed by atoms with Crippen molar-refractivity contribution >= 4 is 10.1 Å². The van der Waals surface area contributed by atoms with Gasteiger partial charge in [-0.05, 0) is 65.3 Å². The first-order valence-corrected chi connectivity index (χ1v) is 13.0. The third-order valence-corrected chi connectivity index (χ3v) is 7.88. The van der Waals surface area contributed by atoms with Crippen molar-refractivity contribution in [3.05, 3.63) is 100 Å². The van der Waals surface area contributed by atoms with Gasteiger partial charge in [-0.25, -0.2) is 8.78 Å². The summed E-state index contributed by atoms with van der Waals surface area (Å²) >= 11 is 0. The number of rotatable bonds is 8. The second kappa shape index (κ2) is 10.5. The summed E-state index contributed by atoms with van der Waals surface area (Å²) in [5, 5.41) is 9.66. The van der Waals surface area contributed by atoms with Gasteiger partial charge < -0.3 is 5.11 Å². The zero-order chi connectivity index (χ0) is 25.2. The van der Waals surface area contributed by atoms with E-state index in [4.69, 9.17) is 0 Å². The molecule has 0 radical (unpaired) electrons. The average molecular weight is 503 g/mol. The van der Waals surface area contributed by atoms with E-state index in [1.807, 2.05) is 17.0 Å². The molecule has 2 heterocycles. The molecule has 3 aromatic rings. The molecule has 3 unspecified atom stereocenters. The van der Waals surface area contributed by atoms with E-state index >= 15 is 0 Å². The van der Waals surface area contributed by atoms with Crippen molar-refractivity contribution in [3.63, 3.8) is 0 Å². The van der Waals surface area contributed by atoms with E-state index in [1.165, 1.54) is 12.1 Å². The molecule has 4 rings (SSSR count). The molecule has 0 spiro atoms. The van der Waals surface area contributed by atoms with Gasteiger partial charge in [-0.3, -0.25) is 14.4 Å². The van der Waals surface area contributed by atoms with Crippen LogP contribution < -0.4 is 0 Å². The fourth-order valence-corrected chi connectivity index (χ4v) is 5.75. The number of aliphatic hydroxyl groups excluding tert-OH is 1. The van der Waals surface area contributed by atoms with Crippen LogP contribution in [0.5, 0.6) is 0 Å². The molecule has 1 saturated heterocycles. The zero-order valence-corrected chi connectivity index (χ0v) is 20.1. The lowest BCUT2D eigenvalue weighted by molar-refractivity contribution is 0.0326. The Balaban J connectivity index is 1.52. The number of hydrogen-bond acceptors (Lipinski definition) is 5. The van der Waals surface area contributed by atoms with Crippen LogP contribution >= 0.6 is 0 Å². The number of benzene rings is 2. The molecule has 9 heteroatoms. The van der Waals surface area contributed by atoms with Crippen molar-refractivity contribution in [2.24, 2.45) is 0 Å². The number of nitrogens with zero attached hydrogens (tertiary/aromatic N) is 2. The minimum absolute atomic E-state index is 0.191. The SMILES string of the molecule is CCC(c1cccc(Cc2cnccc2CN2CC(c3cc(F)cc(F)c3)CC2O)c1)S(=O)(=O)O. The van der Waals surface area contributed by atoms with Crippen molar-refractivity contribution in [1.82, 2.24) is 9.88 Å². The molecule has 0 bridgehead atoms. The number of pyridine rings is 1. The molecule has 186 valence electrons. The molecule has 0 amide bonds. The Morgan fingerprint density at radius 2 is 1.86 bits per heavy atom. The van der Waals surface area contributed by atoms with E-state index in [-0.39, 0.29) is 12.3 Å². The summed E-state index contributed by atoms with van der Waals surface area (Å²) in [6.07, 6.45) is 3.77. The van der Waals surface area contributed by atoms with E-state index in [0.29, 0.717) is 37.1 Å². The number of likely N-dealkylation sites (tertiary alicyclic amines) is 1. The third-order valence-electron chi connectivity index (χ3n) is 6.55. The van der Waals surface area contributed by atoms with Crippen LogP contribution in [0.2, 0.25) is 0 Å². The standard InChI is InChI=1S/C26H28F2N2O4S/c1-2-25(35(32,33)34)18-5-3-4-17(8-18)9-21-14-29-7-6-19(21)15-30-16-22(12-26(30)31)20-10-23(27)13-24(28)11-20/h3-8,10-11,13-14,22,25-26,31H,2,9,12,15-16H2,1H3,(H,32,33,34). The van der Waals surface area contributed by atoms with Crippen LogP contribution in [0.1, 0.15) is 58.8 Å². The molecule has 6 nitrogen and oxygen atoms in total. The maximum atomic E-state index is 13.7. The van der Waals surface area contributed by atoms with Gasteiger partial charge in [0.1, 0.15) is 23.1 Å². The summed E-state index contributed by atoms with van der Waals surface area (Å²) in [5.41, 5.74) is 3.78. The van der Waals surface area contributed by atoms with Crippen LogP contribution in [-0.2, 0) is 23.1 Å². The molecule has 0 aliphatic carbocycles. The van der Waals surface area contributed by atoms with Crippen molar-refractivity contribution in [2.75, 3.05) is 6.54 Å². The van der Waals surface area contributed by atoms with Crippen molar-refractivity contribution in [1.29, 1.82) is 0 Å². The number of aliphatic hydroxyl groups is 1. The van der Waals surface area contributed by atoms with Gasteiger partial charge in [-0.2, -0.15) is 8.42 Å². The van der Waals surface area contributed by atoms with Crippen LogP contribution in [-0.4, -0.2) is 40.7 Å². The van der Waals surface area contributed by atoms with Crippen molar-refractivity contribution in [3.8, 4) is 0 Å². The summed E-state index contributed by atoms with van der Waals surface area (Å²) in [6.45, 7) is 2.58. The van der Waals surface area contributed by atoms with Gasteiger partial charge in [0.05, 0.1) is 0 Å². The first-order chi connectivity index (χ1) is 16.6. The fraction of sp³-hybridized carbons (Fsp3) is 0.346. The summed E-state index contributed by atoms with van der Waals surface area (Å²) in [6, 6.07) is 12.4. The summed E-state index contributed by atoms with van der Waals surface area (Å²) in [7, 11) is -4.22. The molecular formula is C26H28F2N2O4S. The van der Waals surface area contributed by atoms with Crippen LogP contribution in [0.15, 0.2) is 60.9 Å². The lowest BCUT2D eigenvalue weighted by Crippen LogP contribution is -2.29. The highest BCUT2D eigenvalue weighted by atomic mass is 32.2. The molecule has 1 fully saturated rings. The Labute approximate surface area is 204 Å². The first kappa shape index (κ1) is 25.4. The topological polar surface area (TPSA) is 90.7 Å². The molecule has 35 heavy (non-hydrogen) atoms. The van der Waals surface area contributed by atoms with Gasteiger partial charge in [0.2, 0.25) is 0 Å². The van der Waals surface area contributed by atoms with E-state index < -0.39 is 33.2 Å². The molecule has 1 aliphatic rings. The number of hydrogen-bond donors (Lipinski definition) is 2. The molecule has 3 atom stereocenters. The van der Waals surface area contributed by atoms with Crippen molar-refractivity contribution in [2.45, 2.75) is 50.1 Å². The molecule has 0 saturated carbocycles. The molecule has 2 N–H and O–H groups in total. The lowest BCUT2D eigenvalue weighted by Gasteiger charge is -2.22. The Kier molecular flexibility index (Phi) is 7.61. The van der Waals surface area contributed by atoms with Gasteiger partial charge in [-0.1, -0.05) is 31.2 Å². The normalized spacial score (nSPS) is 19.7. The smallest absolute Gasteiger partial charge is 0.271 e. The Morgan fingerprint density at radius 1 is 1.11 bits per heavy atom. The largest absolute Gasteiger partial charge is 0.378 e. The van der Waals surface area contributed by atoms with Crippen molar-refractivity contribution < 1.29 is 26.9 Å². The second-order valence-electron chi connectivity index (χ2n) is 9.02. The Hall–Kier alpha value is -2.72. The van der Waals surface area contributed by atoms with Gasteiger partial charge in [0.15, 0.2) is 0 Å². The lowest BCUT2D eigenvalue weighted by atomic mass is 9.97. The van der Waals surface area contributed by atoms with E-state index in [2.05, 4.69) is 4.98 Å². The van der Waals surface area contributed by atoms with Crippen LogP contribution in [0.4, 0.5) is 8.78 Å².